The molecule has 0 radical (unpaired) electrons. The number of rotatable bonds is 22. The van der Waals surface area contributed by atoms with E-state index in [9.17, 15) is 71.9 Å². The summed E-state index contributed by atoms with van der Waals surface area (Å²) in [5.74, 6) is -2.62. The molecule has 0 bridgehead atoms. The van der Waals surface area contributed by atoms with Crippen molar-refractivity contribution in [3.8, 4) is 44.4 Å². The molecule has 13 rings (SSSR count). The maximum Gasteiger partial charge on any atom is 0.434 e. The van der Waals surface area contributed by atoms with Crippen molar-refractivity contribution in [3.63, 3.8) is 0 Å². The molecule has 4 saturated carbocycles. The predicted molar refractivity (Wildman–Crippen MR) is 389 cm³/mol. The normalized spacial score (nSPS) is 24.1. The number of methoxy groups -OCH3 is 2. The van der Waals surface area contributed by atoms with Crippen molar-refractivity contribution in [2.45, 2.75) is 148 Å². The second-order valence-electron chi connectivity index (χ2n) is 27.6. The third-order valence-electron chi connectivity index (χ3n) is 19.9. The molecule has 0 spiro atoms. The number of allylic oxidation sites excluding steroid dienone is 2. The van der Waals surface area contributed by atoms with E-state index in [0.29, 0.717) is 68.8 Å². The number of alkyl halides is 6. The molecule has 8 amide bonds. The van der Waals surface area contributed by atoms with Crippen molar-refractivity contribution in [1.29, 1.82) is 0 Å². The lowest BCUT2D eigenvalue weighted by atomic mass is 10.1. The summed E-state index contributed by atoms with van der Waals surface area (Å²) in [5.41, 5.74) is -4.88. The van der Waals surface area contributed by atoms with Crippen molar-refractivity contribution < 1.29 is 90.9 Å². The molecule has 4 aromatic heterocycles. The number of ether oxygens (including phenoxy) is 4. The second kappa shape index (κ2) is 31.1. The summed E-state index contributed by atoms with van der Waals surface area (Å²) in [6.45, 7) is 8.02. The number of likely N-dealkylation sites (N-methyl/N-ethyl adjacent to an activating group) is 2. The second-order valence-corrected chi connectivity index (χ2v) is 34.0. The number of hydrogen-bond donors (Lipinski definition) is 4. The molecule has 2 saturated heterocycles. The molecule has 6 aromatic rings. The Morgan fingerprint density at radius 3 is 1.80 bits per heavy atom. The highest BCUT2D eigenvalue weighted by molar-refractivity contribution is 7.91. The summed E-state index contributed by atoms with van der Waals surface area (Å²) >= 11 is 14.7. The van der Waals surface area contributed by atoms with Gasteiger partial charge in [0, 0.05) is 85.5 Å². The van der Waals surface area contributed by atoms with Crippen LogP contribution in [-0.4, -0.2) is 192 Å². The molecular formula is C70H76Cl2F6N12O14S4. The molecule has 108 heavy (non-hydrogen) atoms. The lowest BCUT2D eigenvalue weighted by Gasteiger charge is -2.30. The van der Waals surface area contributed by atoms with E-state index in [1.165, 1.54) is 47.1 Å². The van der Waals surface area contributed by atoms with E-state index in [-0.39, 0.29) is 116 Å². The van der Waals surface area contributed by atoms with Crippen LogP contribution in [0.25, 0.3) is 43.2 Å². The monoisotopic (exact) mass is 1620 g/mol. The van der Waals surface area contributed by atoms with Crippen LogP contribution in [0, 0.1) is 11.8 Å². The van der Waals surface area contributed by atoms with E-state index in [1.807, 2.05) is 12.2 Å². The lowest BCUT2D eigenvalue weighted by Crippen LogP contribution is -2.57. The number of amides is 8. The van der Waals surface area contributed by atoms with Gasteiger partial charge in [-0.05, 0) is 101 Å². The quantitative estimate of drug-likeness (QED) is 0.0279. The summed E-state index contributed by atoms with van der Waals surface area (Å²) in [7, 11) is -1.78. The van der Waals surface area contributed by atoms with Gasteiger partial charge in [-0.15, -0.1) is 35.8 Å². The van der Waals surface area contributed by atoms with Crippen LogP contribution in [0.4, 0.5) is 35.9 Å². The van der Waals surface area contributed by atoms with Gasteiger partial charge < -0.3 is 49.2 Å². The molecule has 7 heterocycles. The average molecular weight is 1620 g/mol. The van der Waals surface area contributed by atoms with E-state index in [1.54, 1.807) is 49.3 Å². The highest BCUT2D eigenvalue weighted by Gasteiger charge is 2.64. The summed E-state index contributed by atoms with van der Waals surface area (Å²) in [6.07, 6.45) is 2.39. The fourth-order valence-corrected chi connectivity index (χ4v) is 18.2. The smallest absolute Gasteiger partial charge is 0.434 e. The minimum Gasteiger partial charge on any atom is -0.495 e. The van der Waals surface area contributed by atoms with Crippen LogP contribution in [0.3, 0.4) is 0 Å². The number of carbonyl (C=O) groups excluding carboxylic acids is 6. The number of thiazole rings is 2. The number of carbonyl (C=O) groups is 6. The Bertz CT molecular complexity index is 4830. The molecule has 6 fully saturated rings. The lowest BCUT2D eigenvalue weighted by molar-refractivity contribution is -0.141. The highest BCUT2D eigenvalue weighted by atomic mass is 35.5. The zero-order valence-electron chi connectivity index (χ0n) is 58.6. The maximum absolute atomic E-state index is 14.1. The first-order chi connectivity index (χ1) is 51.1. The predicted octanol–water partition coefficient (Wildman–Crippen LogP) is 11.1. The van der Waals surface area contributed by atoms with Crippen LogP contribution in [0.15, 0.2) is 84.6 Å². The Kier molecular flexibility index (Phi) is 22.7. The van der Waals surface area contributed by atoms with E-state index >= 15 is 0 Å². The third kappa shape index (κ3) is 16.8. The molecule has 26 nitrogen and oxygen atoms in total. The molecule has 7 aliphatic rings. The number of aromatic nitrogens is 4. The molecule has 4 aliphatic carbocycles. The van der Waals surface area contributed by atoms with Gasteiger partial charge in [0.1, 0.15) is 89.8 Å². The molecule has 580 valence electrons. The molecular weight excluding hydrogens is 1550 g/mol. The average Bonchev–Trinajstić information content (AvgIpc) is 1.57. The number of nitrogens with one attached hydrogen (secondary N) is 4. The Balaban J connectivity index is 0.000000202. The van der Waals surface area contributed by atoms with Crippen LogP contribution >= 0.6 is 45.9 Å². The third-order valence-corrected chi connectivity index (χ3v) is 26.0. The number of halogens is 8. The minimum atomic E-state index is -4.68. The fourth-order valence-electron chi connectivity index (χ4n) is 13.4. The van der Waals surface area contributed by atoms with Gasteiger partial charge in [0.15, 0.2) is 11.4 Å². The van der Waals surface area contributed by atoms with Gasteiger partial charge in [0.05, 0.1) is 48.8 Å². The zero-order valence-corrected chi connectivity index (χ0v) is 63.4. The van der Waals surface area contributed by atoms with Crippen molar-refractivity contribution in [2.24, 2.45) is 11.8 Å². The number of hydrogen-bond acceptors (Lipinski definition) is 20. The summed E-state index contributed by atoms with van der Waals surface area (Å²) in [5, 5.41) is 6.78. The number of fused-ring (bicyclic) bond motifs is 4. The summed E-state index contributed by atoms with van der Waals surface area (Å²) in [4.78, 5) is 105. The van der Waals surface area contributed by atoms with Crippen LogP contribution < -0.4 is 39.0 Å². The summed E-state index contributed by atoms with van der Waals surface area (Å²) in [6, 6.07) is 5.66. The van der Waals surface area contributed by atoms with Crippen LogP contribution in [0.1, 0.15) is 101 Å². The van der Waals surface area contributed by atoms with Crippen molar-refractivity contribution in [1.82, 2.24) is 59.6 Å². The molecule has 3 aliphatic heterocycles. The largest absolute Gasteiger partial charge is 0.495 e. The SMILES string of the molecule is C=CCCCCN(C)C(=O)[C@@H]1C[C@H](Oc2cc(-c3nc(C(F)(F)F)cs3)nc3c(Cl)c(OC)ccc23)CN1C(=O)N[C@]1(C(=O)NS(=O)(=O)C2CC2)C[C@H]1C=C.COc1ccc2c(O[C@H]3C[C@H]4C(=O)N(C)CCCC/C=C\[C@@H]5C[C@@]5(C(=O)NS(=O)(=O)C5CC5)NC(=O)N4C3)cc(-c3nc(C(F)(F)F)cs3)nc2c1Cl. The van der Waals surface area contributed by atoms with Gasteiger partial charge in [-0.3, -0.25) is 28.6 Å². The number of likely N-dealkylation sites (tertiary alicyclic amines) is 1. The number of pyridine rings is 2. The number of nitrogens with zero attached hydrogens (tertiary/aromatic N) is 8. The van der Waals surface area contributed by atoms with Gasteiger partial charge in [-0.25, -0.2) is 46.4 Å². The highest BCUT2D eigenvalue weighted by Crippen LogP contribution is 2.49. The fraction of sp³-hybridized carbons (Fsp3) is 0.486. The van der Waals surface area contributed by atoms with Gasteiger partial charge >= 0.3 is 24.4 Å². The molecule has 8 atom stereocenters. The number of sulfonamides is 2. The van der Waals surface area contributed by atoms with Crippen LogP contribution in [-0.2, 0) is 51.6 Å². The van der Waals surface area contributed by atoms with Gasteiger partial charge in [0.25, 0.3) is 11.8 Å². The van der Waals surface area contributed by atoms with Gasteiger partial charge in [0.2, 0.25) is 31.9 Å². The number of urea groups is 2. The minimum absolute atomic E-state index is 0.00189. The van der Waals surface area contributed by atoms with Crippen molar-refractivity contribution in [2.75, 3.05) is 54.5 Å². The standard InChI is InChI=1S/C36H40ClF3N6O7S2.C34H36ClF3N6O7S2/c1-5-7-8-9-14-45(3)32(47)25-15-21(18-46(25)34(49)43-35(17-20(35)6-2)33(48)44-55(50,51)22-10-11-22)53-27-16-24(31-42-28(19-54-31)36(38,39)40)41-30-23(27)12-13-26(52-4)29(30)37;1-43-12-6-4-3-5-7-18-15-33(18,31(46)42-53(48,49)20-8-9-20)41-32(47)44-16-19(13-23(44)30(43)45)51-25-14-22(29-40-26(17-52-29)34(36,37)38)39-28-21(25)10-11-24(50-2)27(28)35/h5-6,12-13,16,19-22,25H,1-2,7-11,14-15,17-18H2,3-4H3,(H,43,49)(H,44,48);5,7,10-11,14,17-20,23H,3-4,6,8-9,12-13,15-16H2,1-2H3,(H,41,47)(H,42,46)/b;7-5-/t20-,21+,25+,35-;18-,19+,23+,33-/m11/s1. The Hall–Kier alpha value is -8.58. The molecule has 0 unspecified atom stereocenters. The van der Waals surface area contributed by atoms with Crippen LogP contribution in [0.2, 0.25) is 10.0 Å². The molecule has 38 heteroatoms. The van der Waals surface area contributed by atoms with Crippen molar-refractivity contribution in [3.05, 3.63) is 106 Å². The molecule has 2 aromatic carbocycles. The first-order valence-corrected chi connectivity index (χ1v) is 40.2. The Labute approximate surface area is 635 Å². The van der Waals surface area contributed by atoms with E-state index < -0.39 is 125 Å². The maximum atomic E-state index is 14.1. The van der Waals surface area contributed by atoms with Gasteiger partial charge in [-0.1, -0.05) is 47.5 Å². The first-order valence-electron chi connectivity index (χ1n) is 34.6. The van der Waals surface area contributed by atoms with E-state index in [2.05, 4.69) is 53.2 Å². The van der Waals surface area contributed by atoms with Gasteiger partial charge in [-0.2, -0.15) is 26.3 Å². The van der Waals surface area contributed by atoms with E-state index in [4.69, 9.17) is 42.1 Å². The number of benzene rings is 2. The van der Waals surface area contributed by atoms with Crippen LogP contribution in [0.5, 0.6) is 23.0 Å². The number of unbranched alkanes of at least 4 members (excludes halogenated alkanes) is 2. The zero-order chi connectivity index (χ0) is 77.7. The van der Waals surface area contributed by atoms with E-state index in [0.717, 1.165) is 52.7 Å². The van der Waals surface area contributed by atoms with Crippen molar-refractivity contribution >= 4 is 123 Å². The topological polar surface area (TPSA) is 320 Å². The first kappa shape index (κ1) is 79.0. The summed E-state index contributed by atoms with van der Waals surface area (Å²) < 4.78 is 160. The Morgan fingerprint density at radius 2 is 1.30 bits per heavy atom. The Morgan fingerprint density at radius 1 is 0.750 bits per heavy atom. The molecule has 4 N–H and O–H groups in total.